The van der Waals surface area contributed by atoms with Gasteiger partial charge in [-0.1, -0.05) is 18.6 Å². The van der Waals surface area contributed by atoms with Gasteiger partial charge in [0, 0.05) is 25.2 Å². The first-order valence-electron chi connectivity index (χ1n) is 9.81. The molecule has 0 atom stereocenters. The van der Waals surface area contributed by atoms with Crippen molar-refractivity contribution >= 4 is 15.9 Å². The summed E-state index contributed by atoms with van der Waals surface area (Å²) in [7, 11) is -3.44. The van der Waals surface area contributed by atoms with Crippen LogP contribution in [0.4, 0.5) is 0 Å². The molecule has 0 radical (unpaired) electrons. The van der Waals surface area contributed by atoms with Crippen molar-refractivity contribution in [2.45, 2.75) is 30.7 Å². The third kappa shape index (κ3) is 4.38. The number of hydrogen-bond acceptors (Lipinski definition) is 5. The first-order chi connectivity index (χ1) is 14.0. The number of nitrogens with zero attached hydrogens (tertiary/aromatic N) is 1. The molecule has 1 saturated heterocycles. The zero-order valence-corrected chi connectivity index (χ0v) is 16.9. The lowest BCUT2D eigenvalue weighted by Gasteiger charge is -2.25. The van der Waals surface area contributed by atoms with E-state index >= 15 is 0 Å². The molecule has 1 amide bonds. The number of hydrogen-bond donors (Lipinski definition) is 1. The van der Waals surface area contributed by atoms with Gasteiger partial charge in [0.05, 0.1) is 4.90 Å². The Morgan fingerprint density at radius 1 is 0.931 bits per heavy atom. The number of benzene rings is 2. The van der Waals surface area contributed by atoms with E-state index in [2.05, 4.69) is 5.32 Å². The number of amides is 1. The monoisotopic (exact) mass is 416 g/mol. The molecule has 0 bridgehead atoms. The van der Waals surface area contributed by atoms with Crippen LogP contribution in [0.3, 0.4) is 0 Å². The molecule has 0 aromatic heterocycles. The third-order valence-corrected chi connectivity index (χ3v) is 7.05. The van der Waals surface area contributed by atoms with Crippen molar-refractivity contribution in [3.8, 4) is 11.5 Å². The lowest BCUT2D eigenvalue weighted by Crippen LogP contribution is -2.35. The maximum absolute atomic E-state index is 12.7. The fourth-order valence-electron chi connectivity index (χ4n) is 3.50. The first-order valence-corrected chi connectivity index (χ1v) is 11.2. The van der Waals surface area contributed by atoms with Gasteiger partial charge < -0.3 is 14.8 Å². The molecule has 2 heterocycles. The lowest BCUT2D eigenvalue weighted by atomic mass is 10.1. The van der Waals surface area contributed by atoms with Crippen molar-refractivity contribution in [2.24, 2.45) is 0 Å². The van der Waals surface area contributed by atoms with Gasteiger partial charge in [-0.3, -0.25) is 4.79 Å². The summed E-state index contributed by atoms with van der Waals surface area (Å²) in [6, 6.07) is 11.8. The second kappa shape index (κ2) is 8.42. The van der Waals surface area contributed by atoms with E-state index in [0.29, 0.717) is 54.8 Å². The largest absolute Gasteiger partial charge is 0.486 e. The van der Waals surface area contributed by atoms with E-state index in [1.807, 2.05) is 0 Å². The fraction of sp³-hybridized carbons (Fsp3) is 0.381. The number of carbonyl (C=O) groups is 1. The van der Waals surface area contributed by atoms with Gasteiger partial charge in [-0.2, -0.15) is 4.31 Å². The molecule has 0 aliphatic carbocycles. The molecule has 8 heteroatoms. The maximum atomic E-state index is 12.7. The predicted molar refractivity (Wildman–Crippen MR) is 108 cm³/mol. The van der Waals surface area contributed by atoms with E-state index in [1.165, 1.54) is 0 Å². The fourth-order valence-corrected chi connectivity index (χ4v) is 5.02. The Kier molecular flexibility index (Phi) is 5.73. The van der Waals surface area contributed by atoms with Gasteiger partial charge in [-0.15, -0.1) is 0 Å². The summed E-state index contributed by atoms with van der Waals surface area (Å²) in [6.45, 7) is 2.43. The van der Waals surface area contributed by atoms with E-state index in [4.69, 9.17) is 9.47 Å². The molecule has 0 unspecified atom stereocenters. The summed E-state index contributed by atoms with van der Waals surface area (Å²) in [6.07, 6.45) is 2.89. The van der Waals surface area contributed by atoms with Crippen LogP contribution in [0.15, 0.2) is 47.4 Å². The molecule has 29 heavy (non-hydrogen) atoms. The van der Waals surface area contributed by atoms with Gasteiger partial charge in [0.2, 0.25) is 10.0 Å². The molecule has 1 N–H and O–H groups in total. The molecule has 2 aliphatic heterocycles. The van der Waals surface area contributed by atoms with Gasteiger partial charge >= 0.3 is 0 Å². The highest BCUT2D eigenvalue weighted by atomic mass is 32.2. The van der Waals surface area contributed by atoms with Crippen LogP contribution in [0.2, 0.25) is 0 Å². The van der Waals surface area contributed by atoms with Crippen molar-refractivity contribution < 1.29 is 22.7 Å². The zero-order chi connectivity index (χ0) is 20.3. The van der Waals surface area contributed by atoms with E-state index < -0.39 is 10.0 Å². The quantitative estimate of drug-likeness (QED) is 0.810. The van der Waals surface area contributed by atoms with E-state index in [9.17, 15) is 13.2 Å². The van der Waals surface area contributed by atoms with Crippen LogP contribution >= 0.6 is 0 Å². The highest BCUT2D eigenvalue weighted by Gasteiger charge is 2.25. The Morgan fingerprint density at radius 2 is 1.62 bits per heavy atom. The summed E-state index contributed by atoms with van der Waals surface area (Å²) in [5.41, 5.74) is 1.31. The number of nitrogens with one attached hydrogen (secondary N) is 1. The van der Waals surface area contributed by atoms with E-state index in [-0.39, 0.29) is 5.91 Å². The van der Waals surface area contributed by atoms with Crippen molar-refractivity contribution in [3.05, 3.63) is 53.6 Å². The Morgan fingerprint density at radius 3 is 2.34 bits per heavy atom. The third-order valence-electron chi connectivity index (χ3n) is 5.13. The van der Waals surface area contributed by atoms with Crippen LogP contribution in [0.25, 0.3) is 0 Å². The average Bonchev–Trinajstić information content (AvgIpc) is 2.78. The molecule has 7 nitrogen and oxygen atoms in total. The van der Waals surface area contributed by atoms with Gasteiger partial charge in [0.1, 0.15) is 13.2 Å². The smallest absolute Gasteiger partial charge is 0.251 e. The summed E-state index contributed by atoms with van der Waals surface area (Å²) in [5, 5.41) is 2.85. The number of piperidine rings is 1. The maximum Gasteiger partial charge on any atom is 0.251 e. The van der Waals surface area contributed by atoms with Gasteiger partial charge in [0.15, 0.2) is 11.5 Å². The highest BCUT2D eigenvalue weighted by molar-refractivity contribution is 7.89. The van der Waals surface area contributed by atoms with Crippen molar-refractivity contribution in [2.75, 3.05) is 26.3 Å². The molecule has 154 valence electrons. The number of carbonyl (C=O) groups excluding carboxylic acids is 1. The van der Waals surface area contributed by atoms with Crippen LogP contribution in [-0.4, -0.2) is 44.9 Å². The molecule has 1 fully saturated rings. The average molecular weight is 416 g/mol. The number of ether oxygens (including phenoxy) is 2. The summed E-state index contributed by atoms with van der Waals surface area (Å²) in [4.78, 5) is 12.7. The van der Waals surface area contributed by atoms with Crippen molar-refractivity contribution in [1.29, 1.82) is 0 Å². The van der Waals surface area contributed by atoms with Gasteiger partial charge in [-0.25, -0.2) is 8.42 Å². The van der Waals surface area contributed by atoms with E-state index in [0.717, 1.165) is 24.8 Å². The molecule has 2 aromatic carbocycles. The highest BCUT2D eigenvalue weighted by Crippen LogP contribution is 2.30. The number of fused-ring (bicyclic) bond motifs is 1. The van der Waals surface area contributed by atoms with Crippen LogP contribution in [-0.2, 0) is 16.6 Å². The molecular formula is C21H24N2O5S. The molecule has 4 rings (SSSR count). The summed E-state index contributed by atoms with van der Waals surface area (Å²) >= 11 is 0. The molecule has 0 spiro atoms. The first kappa shape index (κ1) is 19.7. The van der Waals surface area contributed by atoms with Gasteiger partial charge in [-0.05, 0) is 48.7 Å². The Labute approximate surface area is 170 Å². The zero-order valence-electron chi connectivity index (χ0n) is 16.1. The summed E-state index contributed by atoms with van der Waals surface area (Å²) in [5.74, 6) is 0.974. The Hall–Kier alpha value is -2.58. The minimum atomic E-state index is -3.44. The SMILES string of the molecule is O=C(NCc1ccc(S(=O)(=O)N2CCCCC2)cc1)c1ccc2c(c1)OCCO2. The molecule has 2 aromatic rings. The second-order valence-electron chi connectivity index (χ2n) is 7.15. The minimum Gasteiger partial charge on any atom is -0.486 e. The predicted octanol–water partition coefficient (Wildman–Crippen LogP) is 2.56. The second-order valence-corrected chi connectivity index (χ2v) is 9.09. The minimum absolute atomic E-state index is 0.230. The lowest BCUT2D eigenvalue weighted by molar-refractivity contribution is 0.0949. The molecule has 2 aliphatic rings. The van der Waals surface area contributed by atoms with Crippen LogP contribution in [0.1, 0.15) is 35.2 Å². The van der Waals surface area contributed by atoms with Crippen LogP contribution in [0.5, 0.6) is 11.5 Å². The summed E-state index contributed by atoms with van der Waals surface area (Å²) < 4.78 is 37.9. The molecular weight excluding hydrogens is 392 g/mol. The normalized spacial score (nSPS) is 17.0. The van der Waals surface area contributed by atoms with Crippen molar-refractivity contribution in [3.63, 3.8) is 0 Å². The number of rotatable bonds is 5. The topological polar surface area (TPSA) is 84.9 Å². The van der Waals surface area contributed by atoms with Crippen molar-refractivity contribution in [1.82, 2.24) is 9.62 Å². The van der Waals surface area contributed by atoms with E-state index in [1.54, 1.807) is 46.8 Å². The van der Waals surface area contributed by atoms with Crippen LogP contribution < -0.4 is 14.8 Å². The van der Waals surface area contributed by atoms with Gasteiger partial charge in [0.25, 0.3) is 5.91 Å². The van der Waals surface area contributed by atoms with Crippen LogP contribution in [0, 0.1) is 0 Å². The Balaban J connectivity index is 1.38. The standard InChI is InChI=1S/C21H24N2O5S/c24-21(17-6-9-19-20(14-17)28-13-12-27-19)22-15-16-4-7-18(8-5-16)29(25,26)23-10-2-1-3-11-23/h4-9,14H,1-3,10-13,15H2,(H,22,24). The molecule has 0 saturated carbocycles. The Bertz CT molecular complexity index is 983. The number of sulfonamides is 1.